The summed E-state index contributed by atoms with van der Waals surface area (Å²) in [4.78, 5) is 66.6. The highest BCUT2D eigenvalue weighted by Gasteiger charge is 2.50. The molecule has 13 rings (SSSR count). The van der Waals surface area contributed by atoms with Gasteiger partial charge in [0.05, 0.1) is 17.2 Å². The number of anilines is 3. The van der Waals surface area contributed by atoms with Crippen molar-refractivity contribution in [2.24, 2.45) is 11.3 Å². The van der Waals surface area contributed by atoms with Crippen LogP contribution in [0.15, 0.2) is 136 Å². The Morgan fingerprint density at radius 2 is 1.56 bits per heavy atom. The first-order valence-corrected chi connectivity index (χ1v) is 37.7. The number of carbonyl (C=O) groups is 4. The van der Waals surface area contributed by atoms with Crippen molar-refractivity contribution in [3.8, 4) is 0 Å². The Bertz CT molecular complexity index is 3980. The number of halogens is 4. The van der Waals surface area contributed by atoms with Gasteiger partial charge in [0, 0.05) is 167 Å². The SMILES string of the molecule is C[C@@]1(CN2CC(CN3CC4CC3CN4c3ccc4c(c3)CN(C3CCC(=O)NC3=O)C4=O)C2)CCC(c2ccc(Cl)cc2)=C(CN2CCN(c3ccc(C(=O)NS(=O)(=O)c4ccc(N[C@H](CCN5CCCOCC5)CSc5ccccc5)c(S(=O)(=O)C(F)(F)F)c4)cc3)CC2)C1. The summed E-state index contributed by atoms with van der Waals surface area (Å²) < 4.78 is 105. The van der Waals surface area contributed by atoms with Gasteiger partial charge in [0.1, 0.15) is 10.9 Å². The Morgan fingerprint density at radius 1 is 0.802 bits per heavy atom. The van der Waals surface area contributed by atoms with E-state index in [0.717, 1.165) is 132 Å². The Kier molecular flexibility index (Phi) is 20.1. The van der Waals surface area contributed by atoms with Gasteiger partial charge in [-0.3, -0.25) is 34.3 Å². The molecule has 5 aromatic rings. The number of carbonyl (C=O) groups excluding carboxylic acids is 4. The Labute approximate surface area is 569 Å². The first-order chi connectivity index (χ1) is 46.0. The van der Waals surface area contributed by atoms with Crippen molar-refractivity contribution in [1.82, 2.24) is 34.5 Å². The van der Waals surface area contributed by atoms with E-state index in [1.54, 1.807) is 17.0 Å². The molecule has 0 saturated carbocycles. The third-order valence-electron chi connectivity index (χ3n) is 20.6. The summed E-state index contributed by atoms with van der Waals surface area (Å²) in [6, 6.07) is 32.3. The Hall–Kier alpha value is -6.55. The predicted molar refractivity (Wildman–Crippen MR) is 364 cm³/mol. The van der Waals surface area contributed by atoms with Gasteiger partial charge in [-0.1, -0.05) is 54.4 Å². The molecule has 6 saturated heterocycles. The molecule has 2 bridgehead atoms. The molecule has 1 aliphatic carbocycles. The van der Waals surface area contributed by atoms with E-state index in [9.17, 15) is 49.2 Å². The number of imide groups is 1. The van der Waals surface area contributed by atoms with Crippen molar-refractivity contribution in [2.75, 3.05) is 126 Å². The molecule has 96 heavy (non-hydrogen) atoms. The number of fused-ring (bicyclic) bond motifs is 3. The second kappa shape index (κ2) is 28.4. The standard InChI is InChI=1S/C70H82ClF3N10O9S3/c1-69(46-80-38-47(39-80)40-82-43-57-35-56(82)44-83(57)55-16-18-61-50(34-55)42-84(68(61)88)63-20-21-65(85)76-67(63)87)24-22-60(48-8-12-52(71)13-9-48)51(37-69)41-79-27-29-81(30-28-79)54-14-10-49(11-15-54)66(86)77-96(91,92)59-17-19-62(64(36-59)95(89,90)70(72,73)74)75-53(45-94-58-6-3-2-4-7-58)23-26-78-25-5-32-93-33-31-78/h2-4,6-19,34,36,47,53,56-57,63,75H,5,20-33,35,37-46H2,1H3,(H,77,86)(H,76,85,87)/t53-,56?,57?,63?,69-/m1/s1. The van der Waals surface area contributed by atoms with Crippen molar-refractivity contribution >= 4 is 89.5 Å². The number of ether oxygens (including phenoxy) is 1. The molecular formula is C70H82ClF3N10O9S3. The fraction of sp³-hybridized carbons (Fsp3) is 0.486. The summed E-state index contributed by atoms with van der Waals surface area (Å²) in [5, 5.41) is 6.12. The first-order valence-electron chi connectivity index (χ1n) is 33.3. The van der Waals surface area contributed by atoms with Crippen LogP contribution in [-0.4, -0.2) is 205 Å². The lowest BCUT2D eigenvalue weighted by molar-refractivity contribution is -0.136. The fourth-order valence-electron chi connectivity index (χ4n) is 15.5. The van der Waals surface area contributed by atoms with Gasteiger partial charge < -0.3 is 34.6 Å². The van der Waals surface area contributed by atoms with E-state index in [2.05, 4.69) is 71.2 Å². The average Bonchev–Trinajstić information content (AvgIpc) is 1.45. The number of allylic oxidation sites excluding steroid dienone is 1. The molecular weight excluding hydrogens is 1310 g/mol. The van der Waals surface area contributed by atoms with Crippen LogP contribution in [0.5, 0.6) is 0 Å². The lowest BCUT2D eigenvalue weighted by atomic mass is 9.70. The minimum atomic E-state index is -6.10. The van der Waals surface area contributed by atoms with Gasteiger partial charge in [-0.25, -0.2) is 21.6 Å². The van der Waals surface area contributed by atoms with E-state index in [4.69, 9.17) is 16.3 Å². The summed E-state index contributed by atoms with van der Waals surface area (Å²) in [7, 11) is -11.0. The molecule has 3 unspecified atom stereocenters. The smallest absolute Gasteiger partial charge is 0.380 e. The number of hydrogen-bond acceptors (Lipinski definition) is 17. The molecule has 19 nitrogen and oxygen atoms in total. The van der Waals surface area contributed by atoms with Crippen molar-refractivity contribution in [3.05, 3.63) is 148 Å². The van der Waals surface area contributed by atoms with Gasteiger partial charge in [0.25, 0.3) is 31.7 Å². The van der Waals surface area contributed by atoms with Crippen LogP contribution < -0.4 is 25.2 Å². The van der Waals surface area contributed by atoms with Crippen LogP contribution in [0.3, 0.4) is 0 Å². The number of piperidine rings is 1. The van der Waals surface area contributed by atoms with E-state index in [1.807, 2.05) is 53.3 Å². The number of thioether (sulfide) groups is 1. The topological polar surface area (TPSA) is 205 Å². The predicted octanol–water partition coefficient (Wildman–Crippen LogP) is 8.86. The Balaban J connectivity index is 0.598. The minimum absolute atomic E-state index is 0.0167. The number of likely N-dealkylation sites (tertiary alicyclic amines) is 2. The molecule has 5 aromatic carbocycles. The van der Waals surface area contributed by atoms with Crippen molar-refractivity contribution in [1.29, 1.82) is 0 Å². The number of alkyl halides is 3. The number of amides is 4. The van der Waals surface area contributed by atoms with Crippen molar-refractivity contribution in [3.63, 3.8) is 0 Å². The zero-order valence-corrected chi connectivity index (χ0v) is 57.0. The molecule has 0 spiro atoms. The quantitative estimate of drug-likeness (QED) is 0.0437. The van der Waals surface area contributed by atoms with Crippen LogP contribution in [-0.2, 0) is 40.7 Å². The summed E-state index contributed by atoms with van der Waals surface area (Å²) in [6.07, 6.45) is 5.95. The van der Waals surface area contributed by atoms with Crippen LogP contribution in [0.25, 0.3) is 5.57 Å². The summed E-state index contributed by atoms with van der Waals surface area (Å²) >= 11 is 7.85. The third-order valence-corrected chi connectivity index (χ3v) is 24.9. The van der Waals surface area contributed by atoms with Gasteiger partial charge in [-0.05, 0) is 158 Å². The monoisotopic (exact) mass is 1390 g/mol. The number of sulfonamides is 1. The van der Waals surface area contributed by atoms with Crippen LogP contribution in [0, 0.1) is 11.3 Å². The molecule has 0 aromatic heterocycles. The molecule has 7 heterocycles. The molecule has 4 amide bonds. The summed E-state index contributed by atoms with van der Waals surface area (Å²) in [6.45, 7) is 16.0. The lowest BCUT2D eigenvalue weighted by Crippen LogP contribution is -2.56. The number of nitrogens with zero attached hydrogens (tertiary/aromatic N) is 7. The van der Waals surface area contributed by atoms with Crippen LogP contribution in [0.4, 0.5) is 30.2 Å². The van der Waals surface area contributed by atoms with Crippen LogP contribution in [0.2, 0.25) is 5.02 Å². The molecule has 6 fully saturated rings. The fourth-order valence-corrected chi connectivity index (χ4v) is 18.7. The molecule has 3 N–H and O–H groups in total. The molecule has 8 aliphatic rings. The van der Waals surface area contributed by atoms with Crippen molar-refractivity contribution < 1.29 is 53.9 Å². The van der Waals surface area contributed by atoms with Gasteiger partial charge in [0.15, 0.2) is 0 Å². The minimum Gasteiger partial charge on any atom is -0.380 e. The van der Waals surface area contributed by atoms with E-state index >= 15 is 0 Å². The molecule has 0 radical (unpaired) electrons. The zero-order chi connectivity index (χ0) is 67.1. The second-order valence-electron chi connectivity index (χ2n) is 27.4. The Morgan fingerprint density at radius 3 is 2.29 bits per heavy atom. The third kappa shape index (κ3) is 15.2. The molecule has 26 heteroatoms. The summed E-state index contributed by atoms with van der Waals surface area (Å²) in [5.74, 6) is -0.917. The second-order valence-corrected chi connectivity index (χ2v) is 32.6. The number of piperazine rings is 2. The maximum atomic E-state index is 14.4. The first kappa shape index (κ1) is 68.0. The van der Waals surface area contributed by atoms with Crippen LogP contribution in [0.1, 0.15) is 90.1 Å². The largest absolute Gasteiger partial charge is 0.501 e. The average molecular weight is 1400 g/mol. The van der Waals surface area contributed by atoms with E-state index in [0.29, 0.717) is 99.2 Å². The number of nitrogens with one attached hydrogen (secondary N) is 3. The number of rotatable bonds is 22. The number of hydrogen-bond donors (Lipinski definition) is 3. The maximum absolute atomic E-state index is 14.4. The maximum Gasteiger partial charge on any atom is 0.501 e. The highest BCUT2D eigenvalue weighted by atomic mass is 35.5. The van der Waals surface area contributed by atoms with E-state index in [-0.39, 0.29) is 29.2 Å². The van der Waals surface area contributed by atoms with E-state index in [1.165, 1.54) is 40.6 Å². The highest BCUT2D eigenvalue weighted by molar-refractivity contribution is 7.99. The number of sulfone groups is 1. The van der Waals surface area contributed by atoms with Gasteiger partial charge in [-0.15, -0.1) is 11.8 Å². The zero-order valence-electron chi connectivity index (χ0n) is 53.8. The molecule has 512 valence electrons. The highest BCUT2D eigenvalue weighted by Crippen LogP contribution is 2.46. The molecule has 5 atom stereocenters. The van der Waals surface area contributed by atoms with E-state index < -0.39 is 64.7 Å². The van der Waals surface area contributed by atoms with Crippen molar-refractivity contribution in [2.45, 2.75) is 109 Å². The van der Waals surface area contributed by atoms with Gasteiger partial charge in [-0.2, -0.15) is 13.2 Å². The summed E-state index contributed by atoms with van der Waals surface area (Å²) in [5.41, 5.74) is 1.45. The lowest BCUT2D eigenvalue weighted by Gasteiger charge is -2.48. The normalized spacial score (nSPS) is 23.9. The van der Waals surface area contributed by atoms with Gasteiger partial charge >= 0.3 is 5.51 Å². The van der Waals surface area contributed by atoms with Gasteiger partial charge in [0.2, 0.25) is 11.8 Å². The molecule has 7 aliphatic heterocycles. The van der Waals surface area contributed by atoms with Crippen LogP contribution >= 0.6 is 23.4 Å². The number of benzene rings is 5.